The zero-order valence-electron chi connectivity index (χ0n) is 15.1. The topological polar surface area (TPSA) is 108 Å². The SMILES string of the molecule is CC(C(=O)Nc1ccc(Cn2cncn2)cc1)n1nnc2ccccc2c1=O. The van der Waals surface area contributed by atoms with Gasteiger partial charge < -0.3 is 5.32 Å². The Balaban J connectivity index is 1.49. The van der Waals surface area contributed by atoms with Gasteiger partial charge in [0.2, 0.25) is 5.91 Å². The van der Waals surface area contributed by atoms with Gasteiger partial charge in [-0.25, -0.2) is 9.67 Å². The molecule has 1 amide bonds. The number of hydrogen-bond acceptors (Lipinski definition) is 6. The van der Waals surface area contributed by atoms with Gasteiger partial charge >= 0.3 is 0 Å². The molecule has 2 aromatic carbocycles. The summed E-state index contributed by atoms with van der Waals surface area (Å²) in [5, 5.41) is 15.2. The van der Waals surface area contributed by atoms with Crippen LogP contribution in [0.1, 0.15) is 18.5 Å². The second-order valence-corrected chi connectivity index (χ2v) is 6.31. The molecule has 140 valence electrons. The monoisotopic (exact) mass is 375 g/mol. The number of hydrogen-bond donors (Lipinski definition) is 1. The lowest BCUT2D eigenvalue weighted by molar-refractivity contribution is -0.119. The second-order valence-electron chi connectivity index (χ2n) is 6.31. The van der Waals surface area contributed by atoms with Crippen LogP contribution in [0.5, 0.6) is 0 Å². The predicted molar refractivity (Wildman–Crippen MR) is 103 cm³/mol. The molecule has 28 heavy (non-hydrogen) atoms. The average molecular weight is 375 g/mol. The van der Waals surface area contributed by atoms with Crippen LogP contribution in [0.2, 0.25) is 0 Å². The Labute approximate surface area is 159 Å². The molecule has 1 unspecified atom stereocenters. The van der Waals surface area contributed by atoms with Crippen LogP contribution in [0.4, 0.5) is 5.69 Å². The number of aromatic nitrogens is 6. The lowest BCUT2D eigenvalue weighted by Crippen LogP contribution is -2.34. The summed E-state index contributed by atoms with van der Waals surface area (Å²) in [6.45, 7) is 2.20. The van der Waals surface area contributed by atoms with Crippen molar-refractivity contribution in [2.45, 2.75) is 19.5 Å². The Morgan fingerprint density at radius 3 is 2.68 bits per heavy atom. The minimum atomic E-state index is -0.806. The molecule has 9 heteroatoms. The molecule has 2 aromatic heterocycles. The number of anilines is 1. The molecule has 0 spiro atoms. The number of benzene rings is 2. The van der Waals surface area contributed by atoms with Crippen LogP contribution < -0.4 is 10.9 Å². The summed E-state index contributed by atoms with van der Waals surface area (Å²) >= 11 is 0. The van der Waals surface area contributed by atoms with Crippen molar-refractivity contribution < 1.29 is 4.79 Å². The third-order valence-electron chi connectivity index (χ3n) is 4.37. The van der Waals surface area contributed by atoms with Crippen LogP contribution >= 0.6 is 0 Å². The first-order chi connectivity index (χ1) is 13.6. The Hall–Kier alpha value is -3.88. The molecule has 0 fully saturated rings. The standard InChI is InChI=1S/C19H17N7O2/c1-13(26-19(28)16-4-2-3-5-17(16)23-24-26)18(27)22-15-8-6-14(7-9-15)10-25-12-20-11-21-25/h2-9,11-13H,10H2,1H3,(H,22,27). The van der Waals surface area contributed by atoms with Gasteiger partial charge in [-0.15, -0.1) is 5.10 Å². The zero-order valence-corrected chi connectivity index (χ0v) is 15.1. The Kier molecular flexibility index (Phi) is 4.63. The van der Waals surface area contributed by atoms with Crippen molar-refractivity contribution in [2.75, 3.05) is 5.32 Å². The molecule has 9 nitrogen and oxygen atoms in total. The van der Waals surface area contributed by atoms with Crippen LogP contribution in [0.25, 0.3) is 10.9 Å². The van der Waals surface area contributed by atoms with Gasteiger partial charge in [0.1, 0.15) is 24.2 Å². The van der Waals surface area contributed by atoms with E-state index >= 15 is 0 Å². The van der Waals surface area contributed by atoms with E-state index in [1.807, 2.05) is 12.1 Å². The molecule has 4 aromatic rings. The first-order valence-corrected chi connectivity index (χ1v) is 8.68. The van der Waals surface area contributed by atoms with Crippen molar-refractivity contribution in [2.24, 2.45) is 0 Å². The van der Waals surface area contributed by atoms with Gasteiger partial charge in [-0.1, -0.05) is 29.5 Å². The van der Waals surface area contributed by atoms with Crippen LogP contribution in [0.3, 0.4) is 0 Å². The van der Waals surface area contributed by atoms with Gasteiger partial charge in [-0.2, -0.15) is 9.78 Å². The van der Waals surface area contributed by atoms with Crippen molar-refractivity contribution in [1.29, 1.82) is 0 Å². The Morgan fingerprint density at radius 2 is 1.93 bits per heavy atom. The number of rotatable bonds is 5. The maximum atomic E-state index is 12.6. The molecule has 1 N–H and O–H groups in total. The fourth-order valence-corrected chi connectivity index (χ4v) is 2.81. The molecule has 0 saturated heterocycles. The van der Waals surface area contributed by atoms with Crippen LogP contribution in [-0.2, 0) is 11.3 Å². The third-order valence-corrected chi connectivity index (χ3v) is 4.37. The number of fused-ring (bicyclic) bond motifs is 1. The molecule has 0 saturated carbocycles. The van der Waals surface area contributed by atoms with E-state index in [2.05, 4.69) is 25.7 Å². The summed E-state index contributed by atoms with van der Waals surface area (Å²) in [7, 11) is 0. The molecule has 0 aliphatic rings. The van der Waals surface area contributed by atoms with Crippen LogP contribution in [-0.4, -0.2) is 35.7 Å². The second kappa shape index (κ2) is 7.39. The number of carbonyl (C=O) groups is 1. The van der Waals surface area contributed by atoms with E-state index in [-0.39, 0.29) is 11.5 Å². The molecule has 0 aliphatic heterocycles. The first kappa shape index (κ1) is 17.5. The van der Waals surface area contributed by atoms with Gasteiger partial charge in [0, 0.05) is 5.69 Å². The van der Waals surface area contributed by atoms with Crippen molar-refractivity contribution in [1.82, 2.24) is 29.8 Å². The summed E-state index contributed by atoms with van der Waals surface area (Å²) in [6, 6.07) is 13.5. The maximum Gasteiger partial charge on any atom is 0.278 e. The molecular formula is C19H17N7O2. The van der Waals surface area contributed by atoms with Gasteiger partial charge in [0.05, 0.1) is 11.9 Å². The smallest absolute Gasteiger partial charge is 0.278 e. The van der Waals surface area contributed by atoms with Crippen molar-refractivity contribution in [3.05, 3.63) is 77.1 Å². The third kappa shape index (κ3) is 3.50. The number of carbonyl (C=O) groups excluding carboxylic acids is 1. The lowest BCUT2D eigenvalue weighted by Gasteiger charge is -2.14. The fourth-order valence-electron chi connectivity index (χ4n) is 2.81. The molecule has 1 atom stereocenters. The highest BCUT2D eigenvalue weighted by Crippen LogP contribution is 2.13. The highest BCUT2D eigenvalue weighted by Gasteiger charge is 2.19. The quantitative estimate of drug-likeness (QED) is 0.568. The van der Waals surface area contributed by atoms with E-state index in [1.54, 1.807) is 54.3 Å². The summed E-state index contributed by atoms with van der Waals surface area (Å²) in [5.74, 6) is -0.351. The van der Waals surface area contributed by atoms with Crippen molar-refractivity contribution >= 4 is 22.5 Å². The summed E-state index contributed by atoms with van der Waals surface area (Å²) in [6.07, 6.45) is 3.12. The normalized spacial score (nSPS) is 12.0. The number of amides is 1. The minimum absolute atomic E-state index is 0.351. The van der Waals surface area contributed by atoms with E-state index in [1.165, 1.54) is 6.33 Å². The lowest BCUT2D eigenvalue weighted by atomic mass is 10.2. The van der Waals surface area contributed by atoms with E-state index in [4.69, 9.17) is 0 Å². The van der Waals surface area contributed by atoms with E-state index in [0.717, 1.165) is 10.2 Å². The minimum Gasteiger partial charge on any atom is -0.324 e. The van der Waals surface area contributed by atoms with E-state index in [0.29, 0.717) is 23.1 Å². The first-order valence-electron chi connectivity index (χ1n) is 8.68. The molecular weight excluding hydrogens is 358 g/mol. The Bertz CT molecular complexity index is 1170. The number of nitrogens with zero attached hydrogens (tertiary/aromatic N) is 6. The highest BCUT2D eigenvalue weighted by molar-refractivity contribution is 5.93. The molecule has 0 aliphatic carbocycles. The van der Waals surface area contributed by atoms with Gasteiger partial charge in [-0.05, 0) is 36.8 Å². The Morgan fingerprint density at radius 1 is 1.14 bits per heavy atom. The molecule has 0 bridgehead atoms. The van der Waals surface area contributed by atoms with Crippen molar-refractivity contribution in [3.63, 3.8) is 0 Å². The summed E-state index contributed by atoms with van der Waals surface area (Å²) < 4.78 is 2.80. The highest BCUT2D eigenvalue weighted by atomic mass is 16.2. The molecule has 4 rings (SSSR count). The predicted octanol–water partition coefficient (Wildman–Crippen LogP) is 1.63. The average Bonchev–Trinajstić information content (AvgIpc) is 3.22. The molecule has 0 radical (unpaired) electrons. The van der Waals surface area contributed by atoms with Gasteiger partial charge in [0.15, 0.2) is 0 Å². The van der Waals surface area contributed by atoms with Crippen LogP contribution in [0, 0.1) is 0 Å². The van der Waals surface area contributed by atoms with Crippen molar-refractivity contribution in [3.8, 4) is 0 Å². The fraction of sp³-hybridized carbons (Fsp3) is 0.158. The summed E-state index contributed by atoms with van der Waals surface area (Å²) in [5.41, 5.74) is 1.80. The maximum absolute atomic E-state index is 12.6. The largest absolute Gasteiger partial charge is 0.324 e. The zero-order chi connectivity index (χ0) is 19.5. The van der Waals surface area contributed by atoms with Gasteiger partial charge in [-0.3, -0.25) is 9.59 Å². The number of nitrogens with one attached hydrogen (secondary N) is 1. The molecule has 2 heterocycles. The van der Waals surface area contributed by atoms with E-state index < -0.39 is 6.04 Å². The van der Waals surface area contributed by atoms with Gasteiger partial charge in [0.25, 0.3) is 5.56 Å². The van der Waals surface area contributed by atoms with Crippen LogP contribution in [0.15, 0.2) is 66.0 Å². The van der Waals surface area contributed by atoms with E-state index in [9.17, 15) is 9.59 Å². The summed E-state index contributed by atoms with van der Waals surface area (Å²) in [4.78, 5) is 29.1.